The predicted octanol–water partition coefficient (Wildman–Crippen LogP) is -0.921. The third-order valence-corrected chi connectivity index (χ3v) is 5.26. The topological polar surface area (TPSA) is 149 Å². The molecule has 0 aliphatic carbocycles. The first-order chi connectivity index (χ1) is 9.42. The number of nitrogens with two attached hydrogens (primary N) is 2. The highest BCUT2D eigenvalue weighted by molar-refractivity contribution is 7.91. The molecule has 0 radical (unpaired) electrons. The lowest BCUT2D eigenvalue weighted by Crippen LogP contribution is -2.37. The highest BCUT2D eigenvalue weighted by Crippen LogP contribution is 2.20. The second-order valence-corrected chi connectivity index (χ2v) is 8.60. The lowest BCUT2D eigenvalue weighted by Gasteiger charge is -2.14. The van der Waals surface area contributed by atoms with E-state index >= 15 is 0 Å². The number of benzene rings is 1. The van der Waals surface area contributed by atoms with Gasteiger partial charge in [0, 0.05) is 17.9 Å². The van der Waals surface area contributed by atoms with Gasteiger partial charge in [0.1, 0.15) is 14.7 Å². The van der Waals surface area contributed by atoms with Crippen LogP contribution in [-0.4, -0.2) is 40.8 Å². The molecule has 1 aromatic rings. The van der Waals surface area contributed by atoms with Crippen molar-refractivity contribution in [1.82, 2.24) is 4.72 Å². The second-order valence-electron chi connectivity index (χ2n) is 4.73. The lowest BCUT2D eigenvalue weighted by molar-refractivity contribution is 0.1000. The Kier molecular flexibility index (Phi) is 4.97. The number of sulfone groups is 1. The Labute approximate surface area is 123 Å². The van der Waals surface area contributed by atoms with Gasteiger partial charge < -0.3 is 11.5 Å². The number of carbonyl (C=O) groups excluding carboxylic acids is 1. The molecule has 1 amide bonds. The van der Waals surface area contributed by atoms with Crippen LogP contribution in [0.15, 0.2) is 23.1 Å². The Hall–Kier alpha value is -1.65. The summed E-state index contributed by atoms with van der Waals surface area (Å²) in [5, 5.41) is 0. The van der Waals surface area contributed by atoms with Crippen LogP contribution in [0, 0.1) is 0 Å². The fourth-order valence-corrected chi connectivity index (χ4v) is 4.22. The normalized spacial score (nSPS) is 13.8. The molecular weight excluding hydrogens is 318 g/mol. The fraction of sp³-hybridized carbons (Fsp3) is 0.364. The van der Waals surface area contributed by atoms with Crippen molar-refractivity contribution in [2.24, 2.45) is 5.73 Å². The van der Waals surface area contributed by atoms with Crippen LogP contribution in [0.3, 0.4) is 0 Å². The zero-order valence-electron chi connectivity index (χ0n) is 11.5. The number of rotatable bonds is 6. The number of sulfonamides is 1. The van der Waals surface area contributed by atoms with Crippen LogP contribution >= 0.6 is 0 Å². The van der Waals surface area contributed by atoms with Gasteiger partial charge in [-0.3, -0.25) is 4.79 Å². The summed E-state index contributed by atoms with van der Waals surface area (Å²) in [4.78, 5) is 10.7. The van der Waals surface area contributed by atoms with Crippen molar-refractivity contribution < 1.29 is 21.6 Å². The third-order valence-electron chi connectivity index (χ3n) is 2.49. The Bertz CT molecular complexity index is 756. The summed E-state index contributed by atoms with van der Waals surface area (Å²) in [5.41, 5.74) is 10.6. The molecule has 118 valence electrons. The molecule has 0 heterocycles. The highest BCUT2D eigenvalue weighted by atomic mass is 32.2. The van der Waals surface area contributed by atoms with Gasteiger partial charge in [-0.25, -0.2) is 21.6 Å². The number of carbonyl (C=O) groups is 1. The van der Waals surface area contributed by atoms with Gasteiger partial charge in [-0.05, 0) is 25.1 Å². The van der Waals surface area contributed by atoms with Gasteiger partial charge in [0.2, 0.25) is 15.9 Å². The van der Waals surface area contributed by atoms with Crippen LogP contribution in [0.1, 0.15) is 17.3 Å². The van der Waals surface area contributed by atoms with Gasteiger partial charge in [-0.1, -0.05) is 0 Å². The summed E-state index contributed by atoms with van der Waals surface area (Å²) >= 11 is 0. The first-order valence-electron chi connectivity index (χ1n) is 5.82. The van der Waals surface area contributed by atoms with Gasteiger partial charge in [0.15, 0.2) is 0 Å². The van der Waals surface area contributed by atoms with E-state index in [4.69, 9.17) is 11.5 Å². The maximum Gasteiger partial charge on any atom is 0.248 e. The molecule has 1 unspecified atom stereocenters. The first kappa shape index (κ1) is 17.4. The molecule has 0 fully saturated rings. The van der Waals surface area contributed by atoms with E-state index in [1.165, 1.54) is 13.0 Å². The second kappa shape index (κ2) is 6.00. The number of nitrogen functional groups attached to an aromatic ring is 1. The molecule has 0 saturated heterocycles. The molecule has 21 heavy (non-hydrogen) atoms. The zero-order valence-corrected chi connectivity index (χ0v) is 13.2. The molecule has 0 saturated carbocycles. The Morgan fingerprint density at radius 1 is 1.29 bits per heavy atom. The minimum Gasteiger partial charge on any atom is -0.398 e. The monoisotopic (exact) mass is 335 g/mol. The molecule has 0 aliphatic heterocycles. The summed E-state index contributed by atoms with van der Waals surface area (Å²) in [6.45, 7) is 1.42. The van der Waals surface area contributed by atoms with Crippen molar-refractivity contribution in [3.05, 3.63) is 23.8 Å². The van der Waals surface area contributed by atoms with Crippen molar-refractivity contribution in [2.75, 3.05) is 17.7 Å². The van der Waals surface area contributed by atoms with E-state index in [2.05, 4.69) is 4.72 Å². The fourth-order valence-electron chi connectivity index (χ4n) is 1.76. The molecule has 0 bridgehead atoms. The van der Waals surface area contributed by atoms with Crippen LogP contribution in [0.5, 0.6) is 0 Å². The van der Waals surface area contributed by atoms with Crippen molar-refractivity contribution in [1.29, 1.82) is 0 Å². The molecule has 0 aromatic heterocycles. The van der Waals surface area contributed by atoms with Gasteiger partial charge in [-0.15, -0.1) is 0 Å². The zero-order chi connectivity index (χ0) is 16.4. The molecule has 0 spiro atoms. The maximum absolute atomic E-state index is 12.1. The van der Waals surface area contributed by atoms with Crippen LogP contribution < -0.4 is 16.2 Å². The average molecular weight is 335 g/mol. The molecule has 1 atom stereocenters. The quantitative estimate of drug-likeness (QED) is 0.572. The minimum absolute atomic E-state index is 0.0793. The number of hydrogen-bond acceptors (Lipinski definition) is 6. The lowest BCUT2D eigenvalue weighted by atomic mass is 10.2. The highest BCUT2D eigenvalue weighted by Gasteiger charge is 2.22. The molecule has 8 nitrogen and oxygen atoms in total. The molecule has 1 aromatic carbocycles. The van der Waals surface area contributed by atoms with Crippen molar-refractivity contribution in [3.63, 3.8) is 0 Å². The van der Waals surface area contributed by atoms with E-state index in [0.29, 0.717) is 0 Å². The summed E-state index contributed by atoms with van der Waals surface area (Å²) in [7, 11) is -7.32. The van der Waals surface area contributed by atoms with Gasteiger partial charge in [-0.2, -0.15) is 0 Å². The SMILES string of the molecule is CC(CS(C)(=O)=O)NS(=O)(=O)c1ccc(C(N)=O)cc1N. The summed E-state index contributed by atoms with van der Waals surface area (Å²) in [6, 6.07) is 2.71. The summed E-state index contributed by atoms with van der Waals surface area (Å²) in [6.07, 6.45) is 1.01. The van der Waals surface area contributed by atoms with Crippen molar-refractivity contribution in [2.45, 2.75) is 17.9 Å². The maximum atomic E-state index is 12.1. The Morgan fingerprint density at radius 3 is 2.29 bits per heavy atom. The van der Waals surface area contributed by atoms with Crippen molar-refractivity contribution in [3.8, 4) is 0 Å². The van der Waals surface area contributed by atoms with Gasteiger partial charge >= 0.3 is 0 Å². The van der Waals surface area contributed by atoms with Gasteiger partial charge in [0.25, 0.3) is 0 Å². The number of primary amides is 1. The smallest absolute Gasteiger partial charge is 0.248 e. The van der Waals surface area contributed by atoms with Crippen molar-refractivity contribution >= 4 is 31.5 Å². The average Bonchev–Trinajstić information content (AvgIpc) is 2.24. The van der Waals surface area contributed by atoms with E-state index in [1.807, 2.05) is 0 Å². The van der Waals surface area contributed by atoms with Crippen LogP contribution in [0.4, 0.5) is 5.69 Å². The first-order valence-corrected chi connectivity index (χ1v) is 9.36. The van der Waals surface area contributed by atoms with Crippen LogP contribution in [0.25, 0.3) is 0 Å². The van der Waals surface area contributed by atoms with Crippen LogP contribution in [-0.2, 0) is 19.9 Å². The van der Waals surface area contributed by atoms with E-state index < -0.39 is 31.8 Å². The van der Waals surface area contributed by atoms with E-state index in [-0.39, 0.29) is 21.9 Å². The van der Waals surface area contributed by atoms with Crippen LogP contribution in [0.2, 0.25) is 0 Å². The summed E-state index contributed by atoms with van der Waals surface area (Å²) < 4.78 is 48.8. The van der Waals surface area contributed by atoms with E-state index in [9.17, 15) is 21.6 Å². The van der Waals surface area contributed by atoms with Gasteiger partial charge in [0.05, 0.1) is 11.4 Å². The Balaban J connectivity index is 3.06. The molecule has 10 heteroatoms. The van der Waals surface area contributed by atoms with E-state index in [1.54, 1.807) is 0 Å². The predicted molar refractivity (Wildman–Crippen MR) is 78.9 cm³/mol. The Morgan fingerprint density at radius 2 is 1.86 bits per heavy atom. The largest absolute Gasteiger partial charge is 0.398 e. The summed E-state index contributed by atoms with van der Waals surface area (Å²) in [5.74, 6) is -1.07. The molecule has 5 N–H and O–H groups in total. The standard InChI is InChI=1S/C11H17N3O5S2/c1-7(6-20(2,16)17)14-21(18,19)10-4-3-8(11(13)15)5-9(10)12/h3-5,7,14H,6,12H2,1-2H3,(H2,13,15). The third kappa shape index (κ3) is 4.99. The molecule has 0 aliphatic rings. The number of hydrogen-bond donors (Lipinski definition) is 3. The number of amides is 1. The number of nitrogens with one attached hydrogen (secondary N) is 1. The number of anilines is 1. The van der Waals surface area contributed by atoms with E-state index in [0.717, 1.165) is 18.4 Å². The molecule has 1 rings (SSSR count). The molecular formula is C11H17N3O5S2. The minimum atomic E-state index is -4.00.